The second kappa shape index (κ2) is 5.16. The van der Waals surface area contributed by atoms with E-state index in [9.17, 15) is 0 Å². The molecule has 2 atom stereocenters. The van der Waals surface area contributed by atoms with Crippen LogP contribution in [-0.4, -0.2) is 31.3 Å². The van der Waals surface area contributed by atoms with Gasteiger partial charge in [-0.3, -0.25) is 0 Å². The predicted octanol–water partition coefficient (Wildman–Crippen LogP) is 1.93. The minimum atomic E-state index is 0.353. The van der Waals surface area contributed by atoms with Gasteiger partial charge in [-0.1, -0.05) is 0 Å². The first-order valence-corrected chi connectivity index (χ1v) is 5.64. The van der Waals surface area contributed by atoms with Gasteiger partial charge in [0.05, 0.1) is 13.7 Å². The van der Waals surface area contributed by atoms with E-state index in [1.165, 1.54) is 0 Å². The van der Waals surface area contributed by atoms with E-state index in [0.717, 1.165) is 31.2 Å². The van der Waals surface area contributed by atoms with Gasteiger partial charge in [-0.2, -0.15) is 0 Å². The molecule has 16 heavy (non-hydrogen) atoms. The molecule has 1 fully saturated rings. The molecule has 0 saturated carbocycles. The normalized spacial score (nSPS) is 21.8. The summed E-state index contributed by atoms with van der Waals surface area (Å²) >= 11 is 0. The average molecular weight is 222 g/mol. The Morgan fingerprint density at radius 2 is 2.50 bits per heavy atom. The fourth-order valence-electron chi connectivity index (χ4n) is 1.94. The van der Waals surface area contributed by atoms with Crippen LogP contribution >= 0.6 is 0 Å². The van der Waals surface area contributed by atoms with Crippen molar-refractivity contribution in [3.8, 4) is 5.75 Å². The Labute approximate surface area is 96.0 Å². The van der Waals surface area contributed by atoms with Crippen molar-refractivity contribution in [1.29, 1.82) is 0 Å². The van der Waals surface area contributed by atoms with Crippen molar-refractivity contribution in [3.63, 3.8) is 0 Å². The summed E-state index contributed by atoms with van der Waals surface area (Å²) < 4.78 is 10.6. The first-order chi connectivity index (χ1) is 7.81. The Morgan fingerprint density at radius 1 is 1.62 bits per heavy atom. The largest absolute Gasteiger partial charge is 0.493 e. The molecule has 0 radical (unpaired) electrons. The average Bonchev–Trinajstić information content (AvgIpc) is 2.83. The lowest BCUT2D eigenvalue weighted by Crippen LogP contribution is -2.26. The minimum absolute atomic E-state index is 0.353. The van der Waals surface area contributed by atoms with Crippen LogP contribution in [0.1, 0.15) is 13.3 Å². The predicted molar refractivity (Wildman–Crippen MR) is 62.8 cm³/mol. The molecule has 1 aliphatic heterocycles. The maximum atomic E-state index is 5.38. The number of hydrogen-bond donors (Lipinski definition) is 1. The zero-order chi connectivity index (χ0) is 11.4. The topological polar surface area (TPSA) is 43.4 Å². The maximum absolute atomic E-state index is 5.38. The van der Waals surface area contributed by atoms with Gasteiger partial charge < -0.3 is 14.8 Å². The zero-order valence-electron chi connectivity index (χ0n) is 9.77. The summed E-state index contributed by atoms with van der Waals surface area (Å²) in [6.45, 7) is 3.87. The highest BCUT2D eigenvalue weighted by Crippen LogP contribution is 2.24. The van der Waals surface area contributed by atoms with Crippen molar-refractivity contribution >= 4 is 5.82 Å². The zero-order valence-corrected chi connectivity index (χ0v) is 9.77. The van der Waals surface area contributed by atoms with E-state index in [2.05, 4.69) is 17.2 Å². The van der Waals surface area contributed by atoms with Gasteiger partial charge in [0.15, 0.2) is 11.6 Å². The van der Waals surface area contributed by atoms with Gasteiger partial charge >= 0.3 is 0 Å². The van der Waals surface area contributed by atoms with E-state index in [4.69, 9.17) is 9.47 Å². The van der Waals surface area contributed by atoms with Gasteiger partial charge in [-0.25, -0.2) is 4.98 Å². The van der Waals surface area contributed by atoms with Crippen LogP contribution in [0, 0.1) is 5.92 Å². The summed E-state index contributed by atoms with van der Waals surface area (Å²) in [7, 11) is 1.66. The van der Waals surface area contributed by atoms with Crippen LogP contribution in [0.2, 0.25) is 0 Å². The van der Waals surface area contributed by atoms with Gasteiger partial charge in [-0.15, -0.1) is 0 Å². The van der Waals surface area contributed by atoms with E-state index in [-0.39, 0.29) is 0 Å². The standard InChI is InChI=1S/C12H18N2O2/c1-9(10-5-7-16-8-10)14-12-11(15-2)4-3-6-13-12/h3-4,6,9-10H,5,7-8H2,1-2H3,(H,13,14). The van der Waals surface area contributed by atoms with Gasteiger partial charge in [-0.05, 0) is 25.5 Å². The Hall–Kier alpha value is -1.29. The van der Waals surface area contributed by atoms with E-state index in [1.807, 2.05) is 12.1 Å². The molecule has 2 heterocycles. The minimum Gasteiger partial charge on any atom is -0.493 e. The summed E-state index contributed by atoms with van der Waals surface area (Å²) in [5.74, 6) is 2.16. The molecule has 4 heteroatoms. The molecular formula is C12H18N2O2. The number of methoxy groups -OCH3 is 1. The molecule has 1 saturated heterocycles. The third-order valence-electron chi connectivity index (χ3n) is 3.03. The summed E-state index contributed by atoms with van der Waals surface area (Å²) in [6.07, 6.45) is 2.88. The molecule has 1 N–H and O–H groups in total. The lowest BCUT2D eigenvalue weighted by Gasteiger charge is -2.20. The van der Waals surface area contributed by atoms with Crippen LogP contribution in [-0.2, 0) is 4.74 Å². The molecule has 0 bridgehead atoms. The highest BCUT2D eigenvalue weighted by molar-refractivity contribution is 5.50. The second-order valence-corrected chi connectivity index (χ2v) is 4.11. The number of ether oxygens (including phenoxy) is 2. The molecule has 0 amide bonds. The Balaban J connectivity index is 2.01. The highest BCUT2D eigenvalue weighted by Gasteiger charge is 2.23. The van der Waals surface area contributed by atoms with Crippen LogP contribution < -0.4 is 10.1 Å². The van der Waals surface area contributed by atoms with Crippen molar-refractivity contribution in [3.05, 3.63) is 18.3 Å². The van der Waals surface area contributed by atoms with Crippen molar-refractivity contribution in [2.45, 2.75) is 19.4 Å². The molecule has 1 aromatic heterocycles. The van der Waals surface area contributed by atoms with Crippen LogP contribution in [0.3, 0.4) is 0 Å². The van der Waals surface area contributed by atoms with Crippen molar-refractivity contribution in [2.24, 2.45) is 5.92 Å². The summed E-state index contributed by atoms with van der Waals surface area (Å²) in [6, 6.07) is 4.13. The molecule has 0 aromatic carbocycles. The molecule has 88 valence electrons. The Bertz CT molecular complexity index is 338. The monoisotopic (exact) mass is 222 g/mol. The van der Waals surface area contributed by atoms with Crippen LogP contribution in [0.25, 0.3) is 0 Å². The van der Waals surface area contributed by atoms with Crippen LogP contribution in [0.5, 0.6) is 5.75 Å². The van der Waals surface area contributed by atoms with Gasteiger partial charge in [0.1, 0.15) is 0 Å². The highest BCUT2D eigenvalue weighted by atomic mass is 16.5. The van der Waals surface area contributed by atoms with Gasteiger partial charge in [0.25, 0.3) is 0 Å². The first-order valence-electron chi connectivity index (χ1n) is 5.64. The number of rotatable bonds is 4. The number of nitrogens with one attached hydrogen (secondary N) is 1. The Morgan fingerprint density at radius 3 is 3.19 bits per heavy atom. The Kier molecular flexibility index (Phi) is 3.62. The van der Waals surface area contributed by atoms with E-state index < -0.39 is 0 Å². The number of aromatic nitrogens is 1. The van der Waals surface area contributed by atoms with E-state index in [1.54, 1.807) is 13.3 Å². The molecule has 0 spiro atoms. The van der Waals surface area contributed by atoms with Crippen molar-refractivity contribution < 1.29 is 9.47 Å². The number of pyridine rings is 1. The molecule has 2 unspecified atom stereocenters. The fourth-order valence-corrected chi connectivity index (χ4v) is 1.94. The van der Waals surface area contributed by atoms with Crippen LogP contribution in [0.4, 0.5) is 5.82 Å². The molecule has 1 aromatic rings. The van der Waals surface area contributed by atoms with Crippen molar-refractivity contribution in [1.82, 2.24) is 4.98 Å². The molecule has 1 aliphatic rings. The number of hydrogen-bond acceptors (Lipinski definition) is 4. The second-order valence-electron chi connectivity index (χ2n) is 4.11. The van der Waals surface area contributed by atoms with E-state index in [0.29, 0.717) is 12.0 Å². The van der Waals surface area contributed by atoms with Gasteiger partial charge in [0.2, 0.25) is 0 Å². The SMILES string of the molecule is COc1cccnc1NC(C)C1CCOC1. The van der Waals surface area contributed by atoms with Gasteiger partial charge in [0, 0.05) is 24.8 Å². The molecular weight excluding hydrogens is 204 g/mol. The number of anilines is 1. The lowest BCUT2D eigenvalue weighted by molar-refractivity contribution is 0.183. The number of nitrogens with zero attached hydrogens (tertiary/aromatic N) is 1. The van der Waals surface area contributed by atoms with Crippen LogP contribution in [0.15, 0.2) is 18.3 Å². The molecule has 2 rings (SSSR count). The van der Waals surface area contributed by atoms with Crippen molar-refractivity contribution in [2.75, 3.05) is 25.6 Å². The fraction of sp³-hybridized carbons (Fsp3) is 0.583. The quantitative estimate of drug-likeness (QED) is 0.845. The summed E-state index contributed by atoms with van der Waals surface area (Å²) in [4.78, 5) is 4.28. The summed E-state index contributed by atoms with van der Waals surface area (Å²) in [5.41, 5.74) is 0. The third kappa shape index (κ3) is 2.44. The maximum Gasteiger partial charge on any atom is 0.168 e. The first kappa shape index (κ1) is 11.2. The van der Waals surface area contributed by atoms with E-state index >= 15 is 0 Å². The molecule has 0 aliphatic carbocycles. The smallest absolute Gasteiger partial charge is 0.168 e. The summed E-state index contributed by atoms with van der Waals surface area (Å²) in [5, 5.41) is 3.39. The molecule has 4 nitrogen and oxygen atoms in total. The third-order valence-corrected chi connectivity index (χ3v) is 3.03. The lowest BCUT2D eigenvalue weighted by atomic mass is 10.0.